The number of benzene rings is 3. The van der Waals surface area contributed by atoms with Gasteiger partial charge in [0, 0.05) is 45.0 Å². The molecule has 1 saturated heterocycles. The van der Waals surface area contributed by atoms with E-state index in [2.05, 4.69) is 35.8 Å². The summed E-state index contributed by atoms with van der Waals surface area (Å²) in [6.45, 7) is 9.72. The van der Waals surface area contributed by atoms with Gasteiger partial charge >= 0.3 is 0 Å². The maximum atomic E-state index is 13.5. The molecule has 1 aliphatic rings. The van der Waals surface area contributed by atoms with E-state index >= 15 is 0 Å². The SMILES string of the molecule is CCCCC/C(=N\O)C(=O)c1ccc2c(c1)c1cc(C(=O)c3ccc(O)cc3)ccc1n2CC(CCCC)C(C)C1CNC1. The summed E-state index contributed by atoms with van der Waals surface area (Å²) in [6.07, 6.45) is 6.68. The fourth-order valence-corrected chi connectivity index (χ4v) is 6.57. The smallest absolute Gasteiger partial charge is 0.210 e. The van der Waals surface area contributed by atoms with Crippen LogP contribution in [0.1, 0.15) is 92.0 Å². The van der Waals surface area contributed by atoms with Crippen molar-refractivity contribution in [1.82, 2.24) is 9.88 Å². The topological polar surface area (TPSA) is 104 Å². The van der Waals surface area contributed by atoms with Crippen LogP contribution in [-0.2, 0) is 6.54 Å². The molecule has 44 heavy (non-hydrogen) atoms. The lowest BCUT2D eigenvalue weighted by Gasteiger charge is -2.38. The normalized spacial score (nSPS) is 15.4. The predicted octanol–water partition coefficient (Wildman–Crippen LogP) is 7.99. The summed E-state index contributed by atoms with van der Waals surface area (Å²) in [7, 11) is 0. The highest BCUT2D eigenvalue weighted by atomic mass is 16.4. The zero-order valence-corrected chi connectivity index (χ0v) is 26.2. The molecule has 232 valence electrons. The minimum absolute atomic E-state index is 0.113. The quantitative estimate of drug-likeness (QED) is 0.0425. The van der Waals surface area contributed by atoms with Crippen molar-refractivity contribution in [2.24, 2.45) is 22.9 Å². The molecule has 3 N–H and O–H groups in total. The zero-order chi connectivity index (χ0) is 31.2. The van der Waals surface area contributed by atoms with Crippen LogP contribution in [0.15, 0.2) is 65.8 Å². The fraction of sp³-hybridized carbons (Fsp3) is 0.432. The number of carbonyl (C=O) groups excluding carboxylic acids is 2. The lowest BCUT2D eigenvalue weighted by atomic mass is 9.77. The minimum atomic E-state index is -0.269. The Morgan fingerprint density at radius 3 is 2.09 bits per heavy atom. The van der Waals surface area contributed by atoms with Crippen LogP contribution in [0, 0.1) is 17.8 Å². The van der Waals surface area contributed by atoms with Crippen LogP contribution in [0.2, 0.25) is 0 Å². The molecule has 0 saturated carbocycles. The van der Waals surface area contributed by atoms with Crippen LogP contribution in [0.25, 0.3) is 21.8 Å². The molecule has 1 aromatic heterocycles. The van der Waals surface area contributed by atoms with Crippen LogP contribution >= 0.6 is 0 Å². The molecular weight excluding hydrogens is 550 g/mol. The highest BCUT2D eigenvalue weighted by molar-refractivity contribution is 6.46. The van der Waals surface area contributed by atoms with E-state index in [9.17, 15) is 19.9 Å². The average molecular weight is 596 g/mol. The van der Waals surface area contributed by atoms with Crippen LogP contribution in [0.5, 0.6) is 5.75 Å². The Kier molecular flexibility index (Phi) is 10.2. The summed E-state index contributed by atoms with van der Waals surface area (Å²) in [4.78, 5) is 26.9. The van der Waals surface area contributed by atoms with Gasteiger partial charge in [0.05, 0.1) is 0 Å². The second-order valence-electron chi connectivity index (χ2n) is 12.5. The Labute approximate surface area is 260 Å². The molecule has 3 aromatic carbocycles. The Bertz CT molecular complexity index is 1650. The van der Waals surface area contributed by atoms with Crippen molar-refractivity contribution in [3.05, 3.63) is 77.4 Å². The number of aromatic hydroxyl groups is 1. The van der Waals surface area contributed by atoms with Crippen LogP contribution in [0.4, 0.5) is 0 Å². The number of Topliss-reactive ketones (excluding diaryl/α,β-unsaturated/α-hetero) is 1. The third-order valence-electron chi connectivity index (χ3n) is 9.56. The molecule has 7 heteroatoms. The van der Waals surface area contributed by atoms with Crippen molar-refractivity contribution in [3.63, 3.8) is 0 Å². The van der Waals surface area contributed by atoms with Crippen LogP contribution < -0.4 is 5.32 Å². The van der Waals surface area contributed by atoms with Gasteiger partial charge in [0.25, 0.3) is 0 Å². The molecule has 4 aromatic rings. The van der Waals surface area contributed by atoms with Gasteiger partial charge in [-0.2, -0.15) is 0 Å². The molecule has 0 amide bonds. The fourth-order valence-electron chi connectivity index (χ4n) is 6.57. The number of aromatic nitrogens is 1. The highest BCUT2D eigenvalue weighted by Gasteiger charge is 2.30. The molecule has 2 atom stereocenters. The van der Waals surface area contributed by atoms with Gasteiger partial charge in [0.2, 0.25) is 5.78 Å². The molecule has 5 rings (SSSR count). The second kappa shape index (κ2) is 14.2. The number of fused-ring (bicyclic) bond motifs is 3. The van der Waals surface area contributed by atoms with E-state index in [1.807, 2.05) is 36.4 Å². The number of unbranched alkanes of at least 4 members (excludes halogenated alkanes) is 3. The molecule has 0 radical (unpaired) electrons. The van der Waals surface area contributed by atoms with Gasteiger partial charge in [-0.15, -0.1) is 0 Å². The molecule has 2 unspecified atom stereocenters. The lowest BCUT2D eigenvalue weighted by molar-refractivity contribution is 0.103. The first-order valence-electron chi connectivity index (χ1n) is 16.2. The number of nitrogens with one attached hydrogen (secondary N) is 1. The standard InChI is InChI=1S/C37H45N3O4/c1-4-6-8-10-33(39-44)37(43)27-14-18-35-32(20-27)31-19-26(36(42)25-11-15-30(41)16-12-25)13-17-34(31)40(35)23-28(9-7-5-2)24(3)29-21-38-22-29/h11-20,24,28-29,38,41,44H,4-10,21-23H2,1-3H3/b39-33+. The number of ketones is 2. The van der Waals surface area contributed by atoms with Gasteiger partial charge in [-0.05, 0) is 111 Å². The van der Waals surface area contributed by atoms with Gasteiger partial charge in [0.1, 0.15) is 11.5 Å². The van der Waals surface area contributed by atoms with Crippen LogP contribution in [-0.4, -0.2) is 45.2 Å². The Balaban J connectivity index is 1.60. The van der Waals surface area contributed by atoms with Crippen molar-refractivity contribution in [3.8, 4) is 5.75 Å². The number of oxime groups is 1. The van der Waals surface area contributed by atoms with Gasteiger partial charge in [-0.1, -0.05) is 51.6 Å². The Morgan fingerprint density at radius 2 is 1.50 bits per heavy atom. The third-order valence-corrected chi connectivity index (χ3v) is 9.56. The van der Waals surface area contributed by atoms with E-state index < -0.39 is 0 Å². The summed E-state index contributed by atoms with van der Waals surface area (Å²) in [5.74, 6) is 1.45. The van der Waals surface area contributed by atoms with E-state index in [0.29, 0.717) is 40.9 Å². The van der Waals surface area contributed by atoms with E-state index in [1.165, 1.54) is 18.6 Å². The van der Waals surface area contributed by atoms with Gasteiger partial charge in [0.15, 0.2) is 5.78 Å². The monoisotopic (exact) mass is 595 g/mol. The number of carbonyl (C=O) groups is 2. The van der Waals surface area contributed by atoms with Crippen molar-refractivity contribution in [2.45, 2.75) is 72.3 Å². The second-order valence-corrected chi connectivity index (χ2v) is 12.5. The maximum Gasteiger partial charge on any atom is 0.210 e. The number of rotatable bonds is 15. The third kappa shape index (κ3) is 6.58. The molecule has 2 heterocycles. The lowest BCUT2D eigenvalue weighted by Crippen LogP contribution is -2.47. The minimum Gasteiger partial charge on any atom is -0.508 e. The summed E-state index contributed by atoms with van der Waals surface area (Å²) in [6, 6.07) is 17.9. The van der Waals surface area contributed by atoms with Crippen molar-refractivity contribution in [1.29, 1.82) is 0 Å². The van der Waals surface area contributed by atoms with Crippen molar-refractivity contribution >= 4 is 39.1 Å². The summed E-state index contributed by atoms with van der Waals surface area (Å²) in [5.41, 5.74) is 3.76. The number of nitrogens with zero attached hydrogens (tertiary/aromatic N) is 2. The molecule has 0 bridgehead atoms. The maximum absolute atomic E-state index is 13.5. The number of hydrogen-bond acceptors (Lipinski definition) is 6. The van der Waals surface area contributed by atoms with E-state index in [4.69, 9.17) is 0 Å². The summed E-state index contributed by atoms with van der Waals surface area (Å²) >= 11 is 0. The zero-order valence-electron chi connectivity index (χ0n) is 26.2. The van der Waals surface area contributed by atoms with Crippen molar-refractivity contribution < 1.29 is 19.9 Å². The molecule has 0 spiro atoms. The molecular formula is C37H45N3O4. The molecule has 0 aliphatic carbocycles. The largest absolute Gasteiger partial charge is 0.508 e. The van der Waals surface area contributed by atoms with Gasteiger partial charge < -0.3 is 20.2 Å². The molecule has 1 aliphatic heterocycles. The number of phenolic OH excluding ortho intramolecular Hbond substituents is 1. The predicted molar refractivity (Wildman–Crippen MR) is 177 cm³/mol. The van der Waals surface area contributed by atoms with Crippen LogP contribution in [0.3, 0.4) is 0 Å². The first-order chi connectivity index (χ1) is 21.4. The van der Waals surface area contributed by atoms with E-state index in [-0.39, 0.29) is 23.0 Å². The van der Waals surface area contributed by atoms with Gasteiger partial charge in [-0.3, -0.25) is 9.59 Å². The number of phenols is 1. The first-order valence-corrected chi connectivity index (χ1v) is 16.2. The highest BCUT2D eigenvalue weighted by Crippen LogP contribution is 2.36. The summed E-state index contributed by atoms with van der Waals surface area (Å²) in [5, 5.41) is 28.0. The Hall–Kier alpha value is -3.97. The van der Waals surface area contributed by atoms with E-state index in [1.54, 1.807) is 12.1 Å². The Morgan fingerprint density at radius 1 is 0.886 bits per heavy atom. The van der Waals surface area contributed by atoms with Crippen molar-refractivity contribution in [2.75, 3.05) is 13.1 Å². The van der Waals surface area contributed by atoms with Gasteiger partial charge in [-0.25, -0.2) is 0 Å². The summed E-state index contributed by atoms with van der Waals surface area (Å²) < 4.78 is 2.37. The molecule has 7 nitrogen and oxygen atoms in total. The first kappa shape index (κ1) is 31.5. The number of hydrogen-bond donors (Lipinski definition) is 3. The van der Waals surface area contributed by atoms with E-state index in [0.717, 1.165) is 73.5 Å². The average Bonchev–Trinajstić information content (AvgIpc) is 3.32. The molecule has 1 fully saturated rings.